The number of allylic oxidation sites excluding steroid dienone is 2. The van der Waals surface area contributed by atoms with Crippen LogP contribution in [0.5, 0.6) is 17.2 Å². The molecule has 0 aliphatic carbocycles. The summed E-state index contributed by atoms with van der Waals surface area (Å²) in [6.07, 6.45) is 5.06. The summed E-state index contributed by atoms with van der Waals surface area (Å²) in [5.74, 6) is -0.160. The SMILES string of the molecule is CC/C(=C\[C@H](Cc1ccc(OC)cc1)C(=O)O)CCl.COc1ccc(C[C@H](/C=C(\C)CCl)C(=O)O)cc1OC. The monoisotopic (exact) mass is 580 g/mol. The molecule has 0 bridgehead atoms. The van der Waals surface area contributed by atoms with Crippen LogP contribution in [0.3, 0.4) is 0 Å². The number of carboxylic acid groups (broad SMARTS) is 2. The first kappa shape index (κ1) is 33.9. The molecule has 214 valence electrons. The second kappa shape index (κ2) is 18.2. The van der Waals surface area contributed by atoms with E-state index in [1.807, 2.05) is 44.2 Å². The molecule has 0 fully saturated rings. The Morgan fingerprint density at radius 1 is 0.795 bits per heavy atom. The molecule has 39 heavy (non-hydrogen) atoms. The molecule has 0 radical (unpaired) electrons. The third-order valence-electron chi connectivity index (χ3n) is 5.91. The van der Waals surface area contributed by atoms with E-state index in [1.165, 1.54) is 0 Å². The molecule has 2 aromatic carbocycles. The molecule has 2 N–H and O–H groups in total. The Kier molecular flexibility index (Phi) is 15.8. The second-order valence-electron chi connectivity index (χ2n) is 8.79. The number of carbonyl (C=O) groups is 2. The Hall–Kier alpha value is -3.16. The van der Waals surface area contributed by atoms with Crippen LogP contribution < -0.4 is 14.2 Å². The molecule has 0 heterocycles. The van der Waals surface area contributed by atoms with Gasteiger partial charge in [0, 0.05) is 11.8 Å². The van der Waals surface area contributed by atoms with Gasteiger partial charge >= 0.3 is 11.9 Å². The number of halogens is 2. The van der Waals surface area contributed by atoms with Crippen molar-refractivity contribution in [3.63, 3.8) is 0 Å². The number of carboxylic acids is 2. The summed E-state index contributed by atoms with van der Waals surface area (Å²) in [5, 5.41) is 18.5. The lowest BCUT2D eigenvalue weighted by molar-refractivity contribution is -0.141. The van der Waals surface area contributed by atoms with E-state index >= 15 is 0 Å². The van der Waals surface area contributed by atoms with Crippen LogP contribution in [0.25, 0.3) is 0 Å². The van der Waals surface area contributed by atoms with Gasteiger partial charge < -0.3 is 24.4 Å². The van der Waals surface area contributed by atoms with Gasteiger partial charge in [-0.05, 0) is 61.6 Å². The third kappa shape index (κ3) is 12.1. The van der Waals surface area contributed by atoms with E-state index in [9.17, 15) is 19.8 Å². The van der Waals surface area contributed by atoms with Gasteiger partial charge in [0.1, 0.15) is 5.75 Å². The molecule has 0 spiro atoms. The van der Waals surface area contributed by atoms with E-state index in [0.29, 0.717) is 36.1 Å². The van der Waals surface area contributed by atoms with Gasteiger partial charge in [-0.15, -0.1) is 23.2 Å². The number of rotatable bonds is 14. The highest BCUT2D eigenvalue weighted by Gasteiger charge is 2.17. The van der Waals surface area contributed by atoms with Crippen LogP contribution in [0, 0.1) is 11.8 Å². The average molecular weight is 582 g/mol. The average Bonchev–Trinajstić information content (AvgIpc) is 2.95. The van der Waals surface area contributed by atoms with Crippen LogP contribution in [-0.4, -0.2) is 55.2 Å². The molecular formula is C30H38Cl2O7. The lowest BCUT2D eigenvalue weighted by atomic mass is 9.96. The van der Waals surface area contributed by atoms with E-state index in [-0.39, 0.29) is 0 Å². The van der Waals surface area contributed by atoms with Gasteiger partial charge in [-0.3, -0.25) is 9.59 Å². The van der Waals surface area contributed by atoms with Gasteiger partial charge in [-0.1, -0.05) is 48.4 Å². The van der Waals surface area contributed by atoms with E-state index in [1.54, 1.807) is 45.6 Å². The highest BCUT2D eigenvalue weighted by atomic mass is 35.5. The minimum Gasteiger partial charge on any atom is -0.497 e. The predicted molar refractivity (Wildman–Crippen MR) is 156 cm³/mol. The summed E-state index contributed by atoms with van der Waals surface area (Å²) in [6.45, 7) is 3.79. The number of ether oxygens (including phenoxy) is 3. The number of hydrogen-bond donors (Lipinski definition) is 2. The summed E-state index contributed by atoms with van der Waals surface area (Å²) in [6, 6.07) is 12.8. The Morgan fingerprint density at radius 2 is 1.33 bits per heavy atom. The van der Waals surface area contributed by atoms with E-state index in [0.717, 1.165) is 34.4 Å². The van der Waals surface area contributed by atoms with E-state index in [2.05, 4.69) is 0 Å². The zero-order valence-electron chi connectivity index (χ0n) is 23.1. The summed E-state index contributed by atoms with van der Waals surface area (Å²) in [7, 11) is 4.71. The van der Waals surface area contributed by atoms with Gasteiger partial charge in [-0.2, -0.15) is 0 Å². The van der Waals surface area contributed by atoms with Crippen LogP contribution >= 0.6 is 23.2 Å². The highest BCUT2D eigenvalue weighted by molar-refractivity contribution is 6.19. The van der Waals surface area contributed by atoms with Crippen LogP contribution in [0.2, 0.25) is 0 Å². The van der Waals surface area contributed by atoms with Crippen LogP contribution in [0.15, 0.2) is 65.8 Å². The standard InChI is InChI=1S/C15H19ClO4.C15H19ClO3/c1-10(9-16)6-12(15(17)18)7-11-4-5-13(19-2)14(8-11)20-3;1-3-11(10-16)8-13(15(17)18)9-12-4-6-14(19-2)7-5-12/h4-6,8,12H,7,9H2,1-3H3,(H,17,18);4-8,13H,3,9-10H2,1-2H3,(H,17,18)/b10-6+;11-8+/t12-;13-/m01/s1. The second-order valence-corrected chi connectivity index (χ2v) is 9.33. The van der Waals surface area contributed by atoms with Gasteiger partial charge in [0.05, 0.1) is 33.2 Å². The number of aliphatic carboxylic acids is 2. The van der Waals surface area contributed by atoms with Crippen molar-refractivity contribution in [2.24, 2.45) is 11.8 Å². The quantitative estimate of drug-likeness (QED) is 0.190. The Bertz CT molecular complexity index is 1100. The molecule has 0 saturated carbocycles. The first-order valence-electron chi connectivity index (χ1n) is 12.4. The summed E-state index contributed by atoms with van der Waals surface area (Å²) < 4.78 is 15.4. The normalized spacial score (nSPS) is 13.0. The van der Waals surface area contributed by atoms with Gasteiger partial charge in [0.2, 0.25) is 0 Å². The van der Waals surface area contributed by atoms with Gasteiger partial charge in [-0.25, -0.2) is 0 Å². The third-order valence-corrected chi connectivity index (χ3v) is 6.68. The Balaban J connectivity index is 0.000000391. The molecule has 0 amide bonds. The van der Waals surface area contributed by atoms with Crippen molar-refractivity contribution in [1.82, 2.24) is 0 Å². The zero-order chi connectivity index (χ0) is 29.4. The fraction of sp³-hybridized carbons (Fsp3) is 0.400. The zero-order valence-corrected chi connectivity index (χ0v) is 24.6. The maximum Gasteiger partial charge on any atom is 0.310 e. The number of hydrogen-bond acceptors (Lipinski definition) is 5. The number of alkyl halides is 2. The summed E-state index contributed by atoms with van der Waals surface area (Å²) >= 11 is 11.5. The molecule has 0 aromatic heterocycles. The maximum atomic E-state index is 11.3. The van der Waals surface area contributed by atoms with Crippen molar-refractivity contribution in [2.45, 2.75) is 33.1 Å². The van der Waals surface area contributed by atoms with Crippen molar-refractivity contribution in [2.75, 3.05) is 33.1 Å². The van der Waals surface area contributed by atoms with Crippen molar-refractivity contribution in [1.29, 1.82) is 0 Å². The van der Waals surface area contributed by atoms with Crippen molar-refractivity contribution in [3.8, 4) is 17.2 Å². The predicted octanol–water partition coefficient (Wildman–Crippen LogP) is 6.65. The first-order valence-corrected chi connectivity index (χ1v) is 13.5. The summed E-state index contributed by atoms with van der Waals surface area (Å²) in [5.41, 5.74) is 3.64. The first-order chi connectivity index (χ1) is 18.6. The fourth-order valence-electron chi connectivity index (χ4n) is 3.64. The largest absolute Gasteiger partial charge is 0.497 e. The molecule has 0 aliphatic heterocycles. The van der Waals surface area contributed by atoms with E-state index < -0.39 is 23.8 Å². The lowest BCUT2D eigenvalue weighted by Crippen LogP contribution is -2.15. The number of benzene rings is 2. The van der Waals surface area contributed by atoms with Gasteiger partial charge in [0.25, 0.3) is 0 Å². The molecule has 0 unspecified atom stereocenters. The van der Waals surface area contributed by atoms with Crippen LogP contribution in [0.1, 0.15) is 31.4 Å². The maximum absolute atomic E-state index is 11.3. The van der Waals surface area contributed by atoms with Crippen molar-refractivity contribution >= 4 is 35.1 Å². The van der Waals surface area contributed by atoms with Gasteiger partial charge in [0.15, 0.2) is 11.5 Å². The molecule has 9 heteroatoms. The highest BCUT2D eigenvalue weighted by Crippen LogP contribution is 2.29. The molecule has 0 saturated heterocycles. The minimum absolute atomic E-state index is 0.329. The number of methoxy groups -OCH3 is 3. The molecule has 2 rings (SSSR count). The van der Waals surface area contributed by atoms with Crippen molar-refractivity contribution in [3.05, 3.63) is 76.9 Å². The van der Waals surface area contributed by atoms with Crippen molar-refractivity contribution < 1.29 is 34.0 Å². The van der Waals surface area contributed by atoms with Crippen LogP contribution in [-0.2, 0) is 22.4 Å². The molecule has 7 nitrogen and oxygen atoms in total. The fourth-order valence-corrected chi connectivity index (χ4v) is 4.01. The van der Waals surface area contributed by atoms with E-state index in [4.69, 9.17) is 37.4 Å². The molecule has 2 atom stereocenters. The molecule has 2 aromatic rings. The Labute approximate surface area is 241 Å². The smallest absolute Gasteiger partial charge is 0.310 e. The van der Waals surface area contributed by atoms with Crippen LogP contribution in [0.4, 0.5) is 0 Å². The summed E-state index contributed by atoms with van der Waals surface area (Å²) in [4.78, 5) is 22.6. The Morgan fingerprint density at radius 3 is 1.79 bits per heavy atom. The lowest BCUT2D eigenvalue weighted by Gasteiger charge is -2.12. The minimum atomic E-state index is -0.871. The molecular weight excluding hydrogens is 543 g/mol. The molecule has 0 aliphatic rings. The topological polar surface area (TPSA) is 102 Å².